The van der Waals surface area contributed by atoms with Gasteiger partial charge >= 0.3 is 0 Å². The third-order valence-electron chi connectivity index (χ3n) is 2.93. The third kappa shape index (κ3) is 9.14. The molecule has 2 aromatic carbocycles. The average molecular weight is 400 g/mol. The lowest BCUT2D eigenvalue weighted by atomic mass is 10.2. The summed E-state index contributed by atoms with van der Waals surface area (Å²) in [6.45, 7) is 0. The fourth-order valence-electron chi connectivity index (χ4n) is 2.05. The first kappa shape index (κ1) is 21.6. The molecule has 0 saturated heterocycles. The molecule has 0 amide bonds. The quantitative estimate of drug-likeness (QED) is 0.460. The van der Waals surface area contributed by atoms with Crippen LogP contribution in [0.4, 0.5) is 11.4 Å². The number of benzene rings is 2. The van der Waals surface area contributed by atoms with Gasteiger partial charge in [-0.2, -0.15) is 0 Å². The molecule has 0 aromatic heterocycles. The van der Waals surface area contributed by atoms with Crippen molar-refractivity contribution in [2.24, 2.45) is 0 Å². The summed E-state index contributed by atoms with van der Waals surface area (Å²) in [6.07, 6.45) is 2.29. The van der Waals surface area contributed by atoms with E-state index in [1.807, 2.05) is 0 Å². The molecule has 0 bridgehead atoms. The van der Waals surface area contributed by atoms with Crippen molar-refractivity contribution < 1.29 is 21.8 Å². The van der Waals surface area contributed by atoms with Crippen LogP contribution in [0.3, 0.4) is 0 Å². The molecule has 0 fully saturated rings. The molecule has 8 nitrogen and oxygen atoms in total. The van der Waals surface area contributed by atoms with Crippen LogP contribution in [0, 0.1) is 10.1 Å². The Balaban J connectivity index is 0.000000263. The molecular formula is C16H20N2O6S2. The predicted octanol–water partition coefficient (Wildman–Crippen LogP) is 1.95. The summed E-state index contributed by atoms with van der Waals surface area (Å²) in [5.74, 6) is -0.118. The Labute approximate surface area is 152 Å². The maximum atomic E-state index is 10.9. The Morgan fingerprint density at radius 2 is 1.35 bits per heavy atom. The second-order valence-corrected chi connectivity index (χ2v) is 10.1. The Bertz CT molecular complexity index is 985. The van der Waals surface area contributed by atoms with Gasteiger partial charge in [0.2, 0.25) is 0 Å². The van der Waals surface area contributed by atoms with Gasteiger partial charge in [-0.15, -0.1) is 0 Å². The van der Waals surface area contributed by atoms with Crippen LogP contribution in [0.1, 0.15) is 11.1 Å². The van der Waals surface area contributed by atoms with Crippen LogP contribution in [-0.4, -0.2) is 34.3 Å². The maximum absolute atomic E-state index is 10.9. The highest BCUT2D eigenvalue weighted by Crippen LogP contribution is 2.14. The number of sulfone groups is 2. The van der Waals surface area contributed by atoms with Crippen LogP contribution in [-0.2, 0) is 31.2 Å². The van der Waals surface area contributed by atoms with Crippen molar-refractivity contribution in [3.05, 3.63) is 69.8 Å². The van der Waals surface area contributed by atoms with Crippen molar-refractivity contribution in [2.45, 2.75) is 11.5 Å². The lowest BCUT2D eigenvalue weighted by Gasteiger charge is -1.99. The average Bonchev–Trinajstić information content (AvgIpc) is 2.44. The van der Waals surface area contributed by atoms with Crippen molar-refractivity contribution in [3.8, 4) is 0 Å². The van der Waals surface area contributed by atoms with E-state index in [9.17, 15) is 26.9 Å². The first-order chi connectivity index (χ1) is 11.9. The van der Waals surface area contributed by atoms with Crippen LogP contribution in [0.15, 0.2) is 48.5 Å². The highest BCUT2D eigenvalue weighted by Gasteiger charge is 2.09. The van der Waals surface area contributed by atoms with Gasteiger partial charge in [0.1, 0.15) is 0 Å². The number of anilines is 1. The van der Waals surface area contributed by atoms with E-state index in [-0.39, 0.29) is 17.2 Å². The van der Waals surface area contributed by atoms with Crippen molar-refractivity contribution >= 4 is 31.0 Å². The fourth-order valence-corrected chi connectivity index (χ4v) is 3.62. The van der Waals surface area contributed by atoms with Gasteiger partial charge in [-0.1, -0.05) is 24.3 Å². The lowest BCUT2D eigenvalue weighted by Crippen LogP contribution is -2.01. The van der Waals surface area contributed by atoms with E-state index in [0.29, 0.717) is 11.3 Å². The van der Waals surface area contributed by atoms with Crippen molar-refractivity contribution in [1.82, 2.24) is 0 Å². The number of nitrogen functional groups attached to an aromatic ring is 1. The molecule has 142 valence electrons. The molecule has 0 spiro atoms. The predicted molar refractivity (Wildman–Crippen MR) is 101 cm³/mol. The van der Waals surface area contributed by atoms with Gasteiger partial charge in [-0.25, -0.2) is 16.8 Å². The SMILES string of the molecule is CS(=O)(=O)Cc1cccc(N)c1.CS(=O)(=O)Cc1cccc([N+](=O)[O-])c1. The minimum Gasteiger partial charge on any atom is -0.399 e. The number of nitro groups is 1. The van der Waals surface area contributed by atoms with E-state index in [1.165, 1.54) is 24.5 Å². The standard InChI is InChI=1S/C8H9NO4S.C8H11NO2S/c1-14(12,13)6-7-3-2-4-8(5-7)9(10)11;1-12(10,11)6-7-3-2-4-8(9)5-7/h2-5H,6H2,1H3;2-5H,6,9H2,1H3. The van der Waals surface area contributed by atoms with Gasteiger partial charge in [-0.3, -0.25) is 10.1 Å². The van der Waals surface area contributed by atoms with Gasteiger partial charge in [0.25, 0.3) is 5.69 Å². The van der Waals surface area contributed by atoms with Crippen LogP contribution in [0.25, 0.3) is 0 Å². The van der Waals surface area contributed by atoms with Gasteiger partial charge in [0, 0.05) is 30.3 Å². The highest BCUT2D eigenvalue weighted by molar-refractivity contribution is 7.90. The minimum absolute atomic E-state index is 0.0536. The Kier molecular flexibility index (Phi) is 7.28. The number of hydrogen-bond donors (Lipinski definition) is 1. The van der Waals surface area contributed by atoms with Crippen molar-refractivity contribution in [1.29, 1.82) is 0 Å². The lowest BCUT2D eigenvalue weighted by molar-refractivity contribution is -0.384. The van der Waals surface area contributed by atoms with Crippen molar-refractivity contribution in [2.75, 3.05) is 18.2 Å². The molecule has 0 aliphatic rings. The first-order valence-electron chi connectivity index (χ1n) is 7.29. The number of non-ortho nitro benzene ring substituents is 1. The molecule has 2 N–H and O–H groups in total. The van der Waals surface area contributed by atoms with Crippen LogP contribution >= 0.6 is 0 Å². The Morgan fingerprint density at radius 3 is 1.77 bits per heavy atom. The molecule has 0 atom stereocenters. The van der Waals surface area contributed by atoms with Gasteiger partial charge < -0.3 is 5.73 Å². The van der Waals surface area contributed by atoms with E-state index in [2.05, 4.69) is 0 Å². The van der Waals surface area contributed by atoms with Crippen molar-refractivity contribution in [3.63, 3.8) is 0 Å². The summed E-state index contributed by atoms with van der Waals surface area (Å²) in [4.78, 5) is 9.83. The number of nitrogens with two attached hydrogens (primary N) is 1. The summed E-state index contributed by atoms with van der Waals surface area (Å²) in [7, 11) is -6.09. The molecule has 0 saturated carbocycles. The van der Waals surface area contributed by atoms with E-state index in [4.69, 9.17) is 5.73 Å². The van der Waals surface area contributed by atoms with E-state index in [1.54, 1.807) is 30.3 Å². The van der Waals surface area contributed by atoms with Gasteiger partial charge in [0.05, 0.1) is 16.4 Å². The zero-order valence-electron chi connectivity index (χ0n) is 14.3. The smallest absolute Gasteiger partial charge is 0.269 e. The Morgan fingerprint density at radius 1 is 0.885 bits per heavy atom. The normalized spacial score (nSPS) is 11.3. The van der Waals surface area contributed by atoms with Crippen LogP contribution in [0.5, 0.6) is 0 Å². The molecule has 0 radical (unpaired) electrons. The summed E-state index contributed by atoms with van der Waals surface area (Å²) >= 11 is 0. The summed E-state index contributed by atoms with van der Waals surface area (Å²) in [5.41, 5.74) is 7.15. The number of rotatable bonds is 5. The van der Waals surface area contributed by atoms with Gasteiger partial charge in [0.15, 0.2) is 19.7 Å². The van der Waals surface area contributed by atoms with E-state index >= 15 is 0 Å². The molecule has 0 unspecified atom stereocenters. The molecule has 0 heterocycles. The fraction of sp³-hybridized carbons (Fsp3) is 0.250. The zero-order valence-corrected chi connectivity index (χ0v) is 16.0. The highest BCUT2D eigenvalue weighted by atomic mass is 32.2. The first-order valence-corrected chi connectivity index (χ1v) is 11.4. The monoisotopic (exact) mass is 400 g/mol. The second-order valence-electron chi connectivity index (χ2n) is 5.81. The summed E-state index contributed by atoms with van der Waals surface area (Å²) in [6, 6.07) is 12.5. The molecular weight excluding hydrogens is 380 g/mol. The molecule has 0 aliphatic carbocycles. The van der Waals surface area contributed by atoms with E-state index < -0.39 is 24.6 Å². The van der Waals surface area contributed by atoms with Crippen LogP contribution in [0.2, 0.25) is 0 Å². The molecule has 0 aliphatic heterocycles. The Hall–Kier alpha value is -2.46. The molecule has 26 heavy (non-hydrogen) atoms. The second kappa shape index (κ2) is 8.77. The summed E-state index contributed by atoms with van der Waals surface area (Å²) < 4.78 is 43.6. The number of nitrogens with zero attached hydrogens (tertiary/aromatic N) is 1. The summed E-state index contributed by atoms with van der Waals surface area (Å²) in [5, 5.41) is 10.4. The molecule has 2 aromatic rings. The molecule has 10 heteroatoms. The topological polar surface area (TPSA) is 137 Å². The van der Waals surface area contributed by atoms with Crippen LogP contribution < -0.4 is 5.73 Å². The maximum Gasteiger partial charge on any atom is 0.269 e. The van der Waals surface area contributed by atoms with Gasteiger partial charge in [-0.05, 0) is 23.3 Å². The minimum atomic E-state index is -3.14. The largest absolute Gasteiger partial charge is 0.399 e. The number of nitro benzene ring substituents is 1. The molecule has 2 rings (SSSR count). The third-order valence-corrected chi connectivity index (χ3v) is 4.65. The van der Waals surface area contributed by atoms with E-state index in [0.717, 1.165) is 11.8 Å². The number of hydrogen-bond acceptors (Lipinski definition) is 7. The zero-order chi connectivity index (χ0) is 20.0.